The second-order valence-electron chi connectivity index (χ2n) is 14.0. The van der Waals surface area contributed by atoms with Gasteiger partial charge in [0.25, 0.3) is 0 Å². The molecule has 0 fully saturated rings. The van der Waals surface area contributed by atoms with E-state index in [4.69, 9.17) is 35.9 Å². The van der Waals surface area contributed by atoms with Gasteiger partial charge in [-0.25, -0.2) is 14.1 Å². The molecule has 14 nitrogen and oxygen atoms in total. The third kappa shape index (κ3) is 15.4. The molecule has 0 aliphatic rings. The zero-order valence-electron chi connectivity index (χ0n) is 32.2. The quantitative estimate of drug-likeness (QED) is 0.0385. The summed E-state index contributed by atoms with van der Waals surface area (Å²) in [6.45, 7) is 1.06. The van der Waals surface area contributed by atoms with Gasteiger partial charge < -0.3 is 30.3 Å². The number of halogens is 1. The van der Waals surface area contributed by atoms with Gasteiger partial charge in [0.1, 0.15) is 36.7 Å². The number of nitrogens with zero attached hydrogens (tertiary/aromatic N) is 5. The van der Waals surface area contributed by atoms with Crippen LogP contribution in [-0.2, 0) is 29.7 Å². The van der Waals surface area contributed by atoms with Gasteiger partial charge in [0.15, 0.2) is 5.82 Å². The summed E-state index contributed by atoms with van der Waals surface area (Å²) in [5.74, 6) is 0.129. The minimum atomic E-state index is -4.85. The Bertz CT molecular complexity index is 1720. The summed E-state index contributed by atoms with van der Waals surface area (Å²) in [6.07, 6.45) is 15.7. The summed E-state index contributed by atoms with van der Waals surface area (Å²) in [7, 11) is -3.75. The van der Waals surface area contributed by atoms with Crippen molar-refractivity contribution in [2.24, 2.45) is 0 Å². The van der Waals surface area contributed by atoms with Crippen LogP contribution >= 0.6 is 19.4 Å². The van der Waals surface area contributed by atoms with Gasteiger partial charge in [-0.15, -0.1) is 0 Å². The van der Waals surface area contributed by atoms with Crippen LogP contribution in [0.5, 0.6) is 0 Å². The Labute approximate surface area is 330 Å². The summed E-state index contributed by atoms with van der Waals surface area (Å²) >= 11 is 6.17. The van der Waals surface area contributed by atoms with E-state index in [1.165, 1.54) is 87.3 Å². The minimum absolute atomic E-state index is 0.0668. The molecule has 1 unspecified atom stereocenters. The molecular weight excluding hydrogens is 747 g/mol. The summed E-state index contributed by atoms with van der Waals surface area (Å²) in [5, 5.41) is 45.9. The third-order valence-electron chi connectivity index (χ3n) is 9.71. The fourth-order valence-electron chi connectivity index (χ4n) is 6.39. The standard InChI is InChI=1S/C39H58ClN6O8P/c1-3-4-5-6-7-8-9-10-11-12-13-14-15-16-17-18-33(52-25-31-21-30(24-41)22-32(40)23-31)26-53-55(49,50)54-28-39(27-42,51-2)37(48)36(47)34-19-20-35-38(43)44-29-45-46(34)35/h19-23,29,33,36-37,47-48H,3-18,25-26,28H2,1-2H3,(H,49,50)(H2,43,44,45)/t33-,36+,37+,39-/m1/s1. The largest absolute Gasteiger partial charge is 0.472 e. The topological polar surface area (TPSA) is 218 Å². The number of methoxy groups -OCH3 is 1. The molecule has 0 saturated carbocycles. The van der Waals surface area contributed by atoms with Crippen LogP contribution in [-0.4, -0.2) is 67.8 Å². The number of anilines is 1. The highest BCUT2D eigenvalue weighted by molar-refractivity contribution is 7.47. The highest BCUT2D eigenvalue weighted by atomic mass is 35.5. The monoisotopic (exact) mass is 804 g/mol. The lowest BCUT2D eigenvalue weighted by molar-refractivity contribution is -0.134. The Morgan fingerprint density at radius 2 is 1.56 bits per heavy atom. The van der Waals surface area contributed by atoms with Gasteiger partial charge in [0.2, 0.25) is 5.60 Å². The van der Waals surface area contributed by atoms with Gasteiger partial charge in [-0.1, -0.05) is 115 Å². The second kappa shape index (κ2) is 24.5. The zero-order valence-corrected chi connectivity index (χ0v) is 33.8. The number of unbranched alkanes of at least 4 members (excludes halogenated alkanes) is 14. The van der Waals surface area contributed by atoms with E-state index in [0.717, 1.165) is 39.1 Å². The normalized spacial score (nSPS) is 15.5. The maximum atomic E-state index is 13.1. The number of phosphoric acid groups is 1. The summed E-state index contributed by atoms with van der Waals surface area (Å²) in [4.78, 5) is 14.5. The molecule has 0 aliphatic carbocycles. The van der Waals surface area contributed by atoms with Crippen molar-refractivity contribution in [3.63, 3.8) is 0 Å². The Balaban J connectivity index is 1.52. The van der Waals surface area contributed by atoms with Gasteiger partial charge in [0, 0.05) is 12.1 Å². The lowest BCUT2D eigenvalue weighted by atomic mass is 9.93. The van der Waals surface area contributed by atoms with E-state index in [9.17, 15) is 30.2 Å². The fraction of sp³-hybridized carbons (Fsp3) is 0.641. The molecule has 0 aliphatic heterocycles. The number of aromatic nitrogens is 3. The van der Waals surface area contributed by atoms with Crippen molar-refractivity contribution in [2.75, 3.05) is 26.1 Å². The molecule has 1 aromatic carbocycles. The molecule has 0 bridgehead atoms. The van der Waals surface area contributed by atoms with E-state index in [1.54, 1.807) is 24.3 Å². The molecule has 16 heteroatoms. The van der Waals surface area contributed by atoms with Crippen molar-refractivity contribution in [3.8, 4) is 12.1 Å². The molecule has 55 heavy (non-hydrogen) atoms. The first kappa shape index (κ1) is 46.2. The van der Waals surface area contributed by atoms with E-state index in [-0.39, 0.29) is 24.7 Å². The van der Waals surface area contributed by atoms with E-state index in [1.807, 2.05) is 0 Å². The molecule has 0 saturated heterocycles. The molecule has 3 rings (SSSR count). The number of nitrogens with two attached hydrogens (primary N) is 1. The van der Waals surface area contributed by atoms with Gasteiger partial charge >= 0.3 is 7.82 Å². The molecule has 304 valence electrons. The molecule has 2 heterocycles. The van der Waals surface area contributed by atoms with Crippen LogP contribution in [0.3, 0.4) is 0 Å². The number of rotatable bonds is 29. The Hall–Kier alpha value is -3.14. The number of benzene rings is 1. The van der Waals surface area contributed by atoms with Crippen LogP contribution in [0.1, 0.15) is 133 Å². The fourth-order valence-corrected chi connectivity index (χ4v) is 7.43. The molecule has 5 N–H and O–H groups in total. The number of phosphoric ester groups is 1. The first-order valence-corrected chi connectivity index (χ1v) is 21.2. The molecule has 5 atom stereocenters. The maximum Gasteiger partial charge on any atom is 0.472 e. The van der Waals surface area contributed by atoms with Crippen molar-refractivity contribution >= 4 is 30.8 Å². The number of hydrogen-bond acceptors (Lipinski definition) is 12. The van der Waals surface area contributed by atoms with Crippen molar-refractivity contribution in [1.82, 2.24) is 14.6 Å². The van der Waals surface area contributed by atoms with E-state index in [2.05, 4.69) is 23.1 Å². The molecule has 2 aromatic heterocycles. The van der Waals surface area contributed by atoms with Crippen LogP contribution in [0.2, 0.25) is 5.02 Å². The molecular formula is C39H58ClN6O8P. The van der Waals surface area contributed by atoms with Crippen LogP contribution in [0.15, 0.2) is 36.7 Å². The first-order valence-electron chi connectivity index (χ1n) is 19.3. The third-order valence-corrected chi connectivity index (χ3v) is 10.9. The van der Waals surface area contributed by atoms with Crippen molar-refractivity contribution in [3.05, 3.63) is 58.5 Å². The lowest BCUT2D eigenvalue weighted by Crippen LogP contribution is -2.50. The lowest BCUT2D eigenvalue weighted by Gasteiger charge is -2.33. The number of nitrogen functional groups attached to an aromatic ring is 1. The predicted molar refractivity (Wildman–Crippen MR) is 210 cm³/mol. The van der Waals surface area contributed by atoms with Crippen LogP contribution < -0.4 is 5.73 Å². The minimum Gasteiger partial charge on any atom is -0.386 e. The number of aliphatic hydroxyl groups is 2. The average Bonchev–Trinajstić information content (AvgIpc) is 3.62. The Kier molecular flexibility index (Phi) is 20.6. The number of aliphatic hydroxyl groups excluding tert-OH is 2. The van der Waals surface area contributed by atoms with Crippen molar-refractivity contribution in [2.45, 2.75) is 140 Å². The number of nitriles is 2. The van der Waals surface area contributed by atoms with E-state index >= 15 is 0 Å². The smallest absolute Gasteiger partial charge is 0.386 e. The highest BCUT2D eigenvalue weighted by Gasteiger charge is 2.46. The average molecular weight is 805 g/mol. The predicted octanol–water partition coefficient (Wildman–Crippen LogP) is 8.12. The van der Waals surface area contributed by atoms with Crippen molar-refractivity contribution < 1.29 is 38.2 Å². The van der Waals surface area contributed by atoms with Gasteiger partial charge in [-0.3, -0.25) is 9.05 Å². The number of hydrogen-bond donors (Lipinski definition) is 4. The molecule has 3 aromatic rings. The summed E-state index contributed by atoms with van der Waals surface area (Å²) in [6, 6.07) is 11.7. The SMILES string of the molecule is CCCCCCCCCCCCCCCCC[C@H](COP(=O)(O)OC[C@@](C#N)(OC)[C@@H](O)[C@@H](O)c1ccc2c(N)ncnn12)OCc1cc(Cl)cc(C#N)c1. The Morgan fingerprint density at radius 3 is 2.15 bits per heavy atom. The van der Waals surface area contributed by atoms with E-state index < -0.39 is 38.3 Å². The molecule has 0 radical (unpaired) electrons. The summed E-state index contributed by atoms with van der Waals surface area (Å²) in [5.41, 5.74) is 5.03. The van der Waals surface area contributed by atoms with Gasteiger partial charge in [-0.2, -0.15) is 15.6 Å². The Morgan fingerprint density at radius 1 is 0.945 bits per heavy atom. The van der Waals surface area contributed by atoms with Crippen LogP contribution in [0.25, 0.3) is 5.52 Å². The van der Waals surface area contributed by atoms with Crippen LogP contribution in [0.4, 0.5) is 5.82 Å². The highest BCUT2D eigenvalue weighted by Crippen LogP contribution is 2.45. The maximum absolute atomic E-state index is 13.1. The second-order valence-corrected chi connectivity index (χ2v) is 15.9. The van der Waals surface area contributed by atoms with Crippen molar-refractivity contribution in [1.29, 1.82) is 10.5 Å². The molecule has 0 spiro atoms. The zero-order chi connectivity index (χ0) is 40.1. The first-order chi connectivity index (χ1) is 26.5. The molecule has 0 amide bonds. The van der Waals surface area contributed by atoms with E-state index in [0.29, 0.717) is 28.1 Å². The number of ether oxygens (including phenoxy) is 2. The van der Waals surface area contributed by atoms with Gasteiger partial charge in [-0.05, 0) is 42.3 Å². The number of fused-ring (bicyclic) bond motifs is 1. The van der Waals surface area contributed by atoms with Gasteiger partial charge in [0.05, 0.1) is 36.6 Å². The van der Waals surface area contributed by atoms with Crippen LogP contribution in [0, 0.1) is 22.7 Å². The summed E-state index contributed by atoms with van der Waals surface area (Å²) < 4.78 is 36.2.